The normalized spacial score (nSPS) is 12.6. The number of hydrogen-bond donors (Lipinski definition) is 1. The summed E-state index contributed by atoms with van der Waals surface area (Å²) < 4.78 is 7.00. The van der Waals surface area contributed by atoms with E-state index in [0.717, 1.165) is 23.7 Å². The first-order valence-electron chi connectivity index (χ1n) is 7.04. The molecule has 1 unspecified atom stereocenters. The first kappa shape index (κ1) is 14.6. The first-order chi connectivity index (χ1) is 9.67. The predicted octanol–water partition coefficient (Wildman–Crippen LogP) is 2.69. The highest BCUT2D eigenvalue weighted by molar-refractivity contribution is 5.84. The molecule has 0 fully saturated rings. The maximum absolute atomic E-state index is 11.8. The molecule has 2 rings (SSSR count). The molecule has 0 saturated heterocycles. The monoisotopic (exact) mass is 275 g/mol. The molecule has 108 valence electrons. The molecule has 0 spiro atoms. The maximum Gasteiger partial charge on any atom is 0.328 e. The molecule has 1 heterocycles. The Morgan fingerprint density at radius 3 is 2.90 bits per heavy atom. The highest BCUT2D eigenvalue weighted by Gasteiger charge is 2.17. The SMILES string of the molecule is CCOC(=O)C(C)n1ccc2cc(CCCO)ccc21. The van der Waals surface area contributed by atoms with Crippen LogP contribution in [-0.2, 0) is 16.0 Å². The number of rotatable bonds is 6. The molecule has 0 aliphatic carbocycles. The van der Waals surface area contributed by atoms with Gasteiger partial charge in [-0.1, -0.05) is 6.07 Å². The molecule has 4 heteroatoms. The number of nitrogens with zero attached hydrogens (tertiary/aromatic N) is 1. The molecule has 1 atom stereocenters. The van der Waals surface area contributed by atoms with Crippen molar-refractivity contribution in [1.82, 2.24) is 4.57 Å². The van der Waals surface area contributed by atoms with Crippen molar-refractivity contribution in [2.75, 3.05) is 13.2 Å². The molecule has 0 radical (unpaired) electrons. The van der Waals surface area contributed by atoms with E-state index < -0.39 is 0 Å². The van der Waals surface area contributed by atoms with E-state index in [1.165, 1.54) is 5.56 Å². The fourth-order valence-corrected chi connectivity index (χ4v) is 2.37. The Hall–Kier alpha value is -1.81. The lowest BCUT2D eigenvalue weighted by atomic mass is 10.1. The minimum Gasteiger partial charge on any atom is -0.464 e. The first-order valence-corrected chi connectivity index (χ1v) is 7.04. The topological polar surface area (TPSA) is 51.5 Å². The van der Waals surface area contributed by atoms with Crippen molar-refractivity contribution < 1.29 is 14.6 Å². The van der Waals surface area contributed by atoms with Gasteiger partial charge in [0, 0.05) is 18.3 Å². The molecule has 0 amide bonds. The number of fused-ring (bicyclic) bond motifs is 1. The Balaban J connectivity index is 2.26. The van der Waals surface area contributed by atoms with Crippen LogP contribution in [0.5, 0.6) is 0 Å². The van der Waals surface area contributed by atoms with Gasteiger partial charge in [0.15, 0.2) is 0 Å². The second-order valence-corrected chi connectivity index (χ2v) is 4.87. The number of ether oxygens (including phenoxy) is 1. The molecule has 1 aromatic heterocycles. The maximum atomic E-state index is 11.8. The molecule has 2 aromatic rings. The van der Waals surface area contributed by atoms with Crippen molar-refractivity contribution >= 4 is 16.9 Å². The number of hydrogen-bond acceptors (Lipinski definition) is 3. The third kappa shape index (κ3) is 3.02. The molecular weight excluding hydrogens is 254 g/mol. The van der Waals surface area contributed by atoms with Crippen LogP contribution in [-0.4, -0.2) is 28.9 Å². The summed E-state index contributed by atoms with van der Waals surface area (Å²) in [6, 6.07) is 7.87. The summed E-state index contributed by atoms with van der Waals surface area (Å²) in [4.78, 5) is 11.8. The third-order valence-corrected chi connectivity index (χ3v) is 3.45. The lowest BCUT2D eigenvalue weighted by Gasteiger charge is -2.14. The van der Waals surface area contributed by atoms with Crippen molar-refractivity contribution in [3.05, 3.63) is 36.0 Å². The Morgan fingerprint density at radius 1 is 1.40 bits per heavy atom. The van der Waals surface area contributed by atoms with Crippen LogP contribution in [0.1, 0.15) is 31.9 Å². The zero-order chi connectivity index (χ0) is 14.5. The number of esters is 1. The zero-order valence-electron chi connectivity index (χ0n) is 12.0. The van der Waals surface area contributed by atoms with Crippen molar-refractivity contribution in [3.8, 4) is 0 Å². The van der Waals surface area contributed by atoms with Gasteiger partial charge in [-0.05, 0) is 55.8 Å². The molecule has 1 N–H and O–H groups in total. The Bertz CT molecular complexity index is 588. The molecule has 4 nitrogen and oxygen atoms in total. The summed E-state index contributed by atoms with van der Waals surface area (Å²) in [7, 11) is 0. The van der Waals surface area contributed by atoms with Gasteiger partial charge in [0.25, 0.3) is 0 Å². The standard InChI is InChI=1S/C16H21NO3/c1-3-20-16(19)12(2)17-9-8-14-11-13(5-4-10-18)6-7-15(14)17/h6-9,11-12,18H,3-5,10H2,1-2H3. The minimum atomic E-state index is -0.323. The lowest BCUT2D eigenvalue weighted by molar-refractivity contribution is -0.146. The number of benzene rings is 1. The van der Waals surface area contributed by atoms with Gasteiger partial charge in [-0.15, -0.1) is 0 Å². The summed E-state index contributed by atoms with van der Waals surface area (Å²) in [6.45, 7) is 4.26. The van der Waals surface area contributed by atoms with E-state index in [0.29, 0.717) is 6.61 Å². The minimum absolute atomic E-state index is 0.207. The molecule has 0 aliphatic heterocycles. The number of aliphatic hydroxyl groups is 1. The largest absolute Gasteiger partial charge is 0.464 e. The number of carbonyl (C=O) groups excluding carboxylic acids is 1. The van der Waals surface area contributed by atoms with Gasteiger partial charge in [0.2, 0.25) is 0 Å². The van der Waals surface area contributed by atoms with Gasteiger partial charge in [-0.3, -0.25) is 0 Å². The molecule has 0 saturated carbocycles. The summed E-state index contributed by atoms with van der Waals surface area (Å²) in [6.07, 6.45) is 3.55. The average Bonchev–Trinajstić information content (AvgIpc) is 2.87. The summed E-state index contributed by atoms with van der Waals surface area (Å²) in [5.74, 6) is -0.214. The molecule has 1 aromatic carbocycles. The van der Waals surface area contributed by atoms with Crippen LogP contribution in [0.3, 0.4) is 0 Å². The van der Waals surface area contributed by atoms with Crippen molar-refractivity contribution in [3.63, 3.8) is 0 Å². The zero-order valence-corrected chi connectivity index (χ0v) is 12.0. The van der Waals surface area contributed by atoms with Gasteiger partial charge < -0.3 is 14.4 Å². The average molecular weight is 275 g/mol. The highest BCUT2D eigenvalue weighted by atomic mass is 16.5. The van der Waals surface area contributed by atoms with Crippen LogP contribution in [0.15, 0.2) is 30.5 Å². The smallest absolute Gasteiger partial charge is 0.328 e. The van der Waals surface area contributed by atoms with E-state index in [1.54, 1.807) is 0 Å². The van der Waals surface area contributed by atoms with E-state index >= 15 is 0 Å². The molecule has 0 bridgehead atoms. The van der Waals surface area contributed by atoms with E-state index in [-0.39, 0.29) is 18.6 Å². The Kier molecular flexibility index (Phi) is 4.79. The van der Waals surface area contributed by atoms with Gasteiger partial charge >= 0.3 is 5.97 Å². The van der Waals surface area contributed by atoms with Crippen molar-refractivity contribution in [2.45, 2.75) is 32.7 Å². The van der Waals surface area contributed by atoms with Crippen molar-refractivity contribution in [1.29, 1.82) is 0 Å². The van der Waals surface area contributed by atoms with Crippen molar-refractivity contribution in [2.24, 2.45) is 0 Å². The fourth-order valence-electron chi connectivity index (χ4n) is 2.37. The number of aliphatic hydroxyl groups excluding tert-OH is 1. The number of aromatic nitrogens is 1. The second-order valence-electron chi connectivity index (χ2n) is 4.87. The van der Waals surface area contributed by atoms with E-state index in [1.807, 2.05) is 42.8 Å². The van der Waals surface area contributed by atoms with Gasteiger partial charge in [0.05, 0.1) is 6.61 Å². The van der Waals surface area contributed by atoms with Gasteiger partial charge in [-0.25, -0.2) is 4.79 Å². The van der Waals surface area contributed by atoms with Crippen LogP contribution >= 0.6 is 0 Å². The van der Waals surface area contributed by atoms with Crippen LogP contribution in [0, 0.1) is 0 Å². The van der Waals surface area contributed by atoms with Crippen LogP contribution < -0.4 is 0 Å². The second kappa shape index (κ2) is 6.57. The Morgan fingerprint density at radius 2 is 2.20 bits per heavy atom. The van der Waals surface area contributed by atoms with Crippen LogP contribution in [0.2, 0.25) is 0 Å². The number of aryl methyl sites for hydroxylation is 1. The lowest BCUT2D eigenvalue weighted by Crippen LogP contribution is -2.18. The van der Waals surface area contributed by atoms with Crippen LogP contribution in [0.25, 0.3) is 10.9 Å². The summed E-state index contributed by atoms with van der Waals surface area (Å²) in [5, 5.41) is 9.98. The quantitative estimate of drug-likeness (QED) is 0.825. The van der Waals surface area contributed by atoms with Crippen LogP contribution in [0.4, 0.5) is 0 Å². The molecular formula is C16H21NO3. The van der Waals surface area contributed by atoms with E-state index in [4.69, 9.17) is 9.84 Å². The van der Waals surface area contributed by atoms with E-state index in [2.05, 4.69) is 6.07 Å². The summed E-state index contributed by atoms with van der Waals surface area (Å²) >= 11 is 0. The van der Waals surface area contributed by atoms with Gasteiger partial charge in [-0.2, -0.15) is 0 Å². The molecule has 0 aliphatic rings. The fraction of sp³-hybridized carbons (Fsp3) is 0.438. The highest BCUT2D eigenvalue weighted by Crippen LogP contribution is 2.22. The predicted molar refractivity (Wildman–Crippen MR) is 78.7 cm³/mol. The number of carbonyl (C=O) groups is 1. The van der Waals surface area contributed by atoms with E-state index in [9.17, 15) is 4.79 Å². The van der Waals surface area contributed by atoms with Gasteiger partial charge in [0.1, 0.15) is 6.04 Å². The molecule has 20 heavy (non-hydrogen) atoms. The third-order valence-electron chi connectivity index (χ3n) is 3.45. The summed E-state index contributed by atoms with van der Waals surface area (Å²) in [5.41, 5.74) is 2.23. The Labute approximate surface area is 119 Å².